The van der Waals surface area contributed by atoms with Crippen LogP contribution in [0, 0.1) is 0 Å². The fraction of sp³-hybridized carbons (Fsp3) is 0.391. The average molecular weight is 795 g/mol. The summed E-state index contributed by atoms with van der Waals surface area (Å²) in [4.78, 5) is 19.9. The number of ether oxygens (including phenoxy) is 1. The van der Waals surface area contributed by atoms with E-state index in [1.54, 1.807) is 0 Å². The van der Waals surface area contributed by atoms with Crippen LogP contribution < -0.4 is 20.3 Å². The molecule has 1 heterocycles. The van der Waals surface area contributed by atoms with Gasteiger partial charge in [-0.25, -0.2) is 0 Å². The second-order valence-corrected chi connectivity index (χ2v) is 16.1. The smallest absolute Gasteiger partial charge is 0.330 e. The third-order valence-electron chi connectivity index (χ3n) is 9.65. The van der Waals surface area contributed by atoms with Gasteiger partial charge in [0, 0.05) is 62.3 Å². The van der Waals surface area contributed by atoms with E-state index < -0.39 is 13.7 Å². The molecule has 0 saturated carbocycles. The topological polar surface area (TPSA) is 122 Å². The standard InChI is InChI=1S/C46H59N4O6P/c1-4-14-37(41-18-9-10-20-43(41)48-27-13-32-57(53,55-5-2)56-6-3)24-22-36-23-25-44-39(33-36)17-12-30-50(44)31-26-46(52)49-29-28-47-34-40(51)35-54-45-21-11-16-38-15-7-8-19-42(38)45/h4,7-11,14-16,18-25,33,40,47,51H,5-6,12-13,17,26-32,34-35H2,1-3H3,(H,49,52)/b14-4-,24-22?,41-37+,48-43+. The van der Waals surface area contributed by atoms with E-state index in [2.05, 4.69) is 58.0 Å². The fourth-order valence-electron chi connectivity index (χ4n) is 6.96. The summed E-state index contributed by atoms with van der Waals surface area (Å²) < 4.78 is 29.6. The number of aliphatic hydroxyl groups is 1. The first kappa shape index (κ1) is 43.6. The zero-order chi connectivity index (χ0) is 40.3. The number of hydrogen-bond donors (Lipinski definition) is 3. The number of rotatable bonds is 22. The summed E-state index contributed by atoms with van der Waals surface area (Å²) in [5, 5.41) is 18.8. The number of aliphatic imine (C=N–C) groups is 1. The maximum absolute atomic E-state index is 12.9. The monoisotopic (exact) mass is 794 g/mol. The highest BCUT2D eigenvalue weighted by molar-refractivity contribution is 7.53. The first-order valence-electron chi connectivity index (χ1n) is 20.3. The van der Waals surface area contributed by atoms with E-state index >= 15 is 0 Å². The number of amides is 1. The Morgan fingerprint density at radius 1 is 1.02 bits per heavy atom. The van der Waals surface area contributed by atoms with E-state index in [0.29, 0.717) is 64.9 Å². The maximum Gasteiger partial charge on any atom is 0.330 e. The van der Waals surface area contributed by atoms with Gasteiger partial charge in [-0.1, -0.05) is 85.0 Å². The van der Waals surface area contributed by atoms with Crippen molar-refractivity contribution in [2.24, 2.45) is 4.99 Å². The molecule has 0 spiro atoms. The molecular weight excluding hydrogens is 736 g/mol. The van der Waals surface area contributed by atoms with Crippen molar-refractivity contribution in [1.82, 2.24) is 10.6 Å². The van der Waals surface area contributed by atoms with Gasteiger partial charge in [0.25, 0.3) is 0 Å². The second-order valence-electron chi connectivity index (χ2n) is 13.9. The maximum atomic E-state index is 12.9. The van der Waals surface area contributed by atoms with Gasteiger partial charge in [-0.2, -0.15) is 0 Å². The molecule has 304 valence electrons. The highest BCUT2D eigenvalue weighted by Crippen LogP contribution is 2.48. The van der Waals surface area contributed by atoms with Crippen LogP contribution in [0.3, 0.4) is 0 Å². The van der Waals surface area contributed by atoms with Crippen LogP contribution in [0.25, 0.3) is 16.8 Å². The van der Waals surface area contributed by atoms with Crippen molar-refractivity contribution in [3.8, 4) is 5.75 Å². The highest BCUT2D eigenvalue weighted by Gasteiger charge is 2.23. The summed E-state index contributed by atoms with van der Waals surface area (Å²) >= 11 is 0. The highest BCUT2D eigenvalue weighted by atomic mass is 31.2. The largest absolute Gasteiger partial charge is 0.490 e. The number of aliphatic hydroxyl groups excluding tert-OH is 1. The molecule has 1 atom stereocenters. The molecule has 0 saturated heterocycles. The van der Waals surface area contributed by atoms with E-state index in [1.165, 1.54) is 11.3 Å². The Kier molecular flexibility index (Phi) is 17.6. The molecule has 3 aromatic rings. The summed E-state index contributed by atoms with van der Waals surface area (Å²) in [7, 11) is -3.09. The van der Waals surface area contributed by atoms with E-state index in [9.17, 15) is 14.5 Å². The molecule has 0 fully saturated rings. The summed E-state index contributed by atoms with van der Waals surface area (Å²) in [6.07, 6.45) is 19.2. The van der Waals surface area contributed by atoms with Crippen LogP contribution in [-0.4, -0.2) is 88.1 Å². The normalized spacial score (nSPS) is 16.5. The van der Waals surface area contributed by atoms with E-state index in [1.807, 2.05) is 87.5 Å². The minimum absolute atomic E-state index is 0.0124. The second kappa shape index (κ2) is 23.0. The third-order valence-corrected chi connectivity index (χ3v) is 11.8. The van der Waals surface area contributed by atoms with E-state index in [-0.39, 0.29) is 12.5 Å². The van der Waals surface area contributed by atoms with Gasteiger partial charge in [0.1, 0.15) is 18.5 Å². The Morgan fingerprint density at radius 3 is 2.65 bits per heavy atom. The van der Waals surface area contributed by atoms with Crippen molar-refractivity contribution in [2.45, 2.75) is 52.6 Å². The van der Waals surface area contributed by atoms with Crippen molar-refractivity contribution < 1.29 is 28.3 Å². The predicted octanol–water partition coefficient (Wildman–Crippen LogP) is 8.24. The predicted molar refractivity (Wildman–Crippen MR) is 235 cm³/mol. The molecule has 2 aliphatic rings. The molecule has 57 heavy (non-hydrogen) atoms. The van der Waals surface area contributed by atoms with Gasteiger partial charge in [-0.3, -0.25) is 14.4 Å². The van der Waals surface area contributed by atoms with E-state index in [4.69, 9.17) is 18.8 Å². The summed E-state index contributed by atoms with van der Waals surface area (Å²) in [5.74, 6) is 0.768. The Bertz CT molecular complexity index is 2000. The number of carbonyl (C=O) groups excluding carboxylic acids is 1. The first-order chi connectivity index (χ1) is 27.8. The molecule has 0 aromatic heterocycles. The van der Waals surface area contributed by atoms with Crippen LogP contribution in [0.5, 0.6) is 5.75 Å². The molecular formula is C46H59N4O6P. The molecule has 1 aliphatic carbocycles. The number of hydrogen-bond acceptors (Lipinski definition) is 9. The van der Waals surface area contributed by atoms with Gasteiger partial charge >= 0.3 is 7.60 Å². The van der Waals surface area contributed by atoms with Gasteiger partial charge in [-0.15, -0.1) is 0 Å². The number of nitrogens with one attached hydrogen (secondary N) is 2. The molecule has 1 aliphatic heterocycles. The van der Waals surface area contributed by atoms with Crippen molar-refractivity contribution in [3.63, 3.8) is 0 Å². The number of allylic oxidation sites excluding steroid dienone is 9. The van der Waals surface area contributed by atoms with Crippen molar-refractivity contribution in [1.29, 1.82) is 0 Å². The molecule has 1 amide bonds. The number of fused-ring (bicyclic) bond motifs is 2. The van der Waals surface area contributed by atoms with Crippen LogP contribution in [0.1, 0.15) is 51.2 Å². The quantitative estimate of drug-likeness (QED) is 0.0688. The van der Waals surface area contributed by atoms with Gasteiger partial charge in [0.05, 0.1) is 25.1 Å². The Balaban J connectivity index is 1.08. The zero-order valence-electron chi connectivity index (χ0n) is 33.7. The summed E-state index contributed by atoms with van der Waals surface area (Å²) in [6.45, 7) is 10.1. The SMILES string of the molecule is C\C=C/C(C=Cc1ccc2c(c1)CCCN2CCC(=O)NCCNCC(O)COc1cccc2ccccc12)=C1/C=CC=C/C1=N\CCCP(=O)(OCC)OCC. The Hall–Kier alpha value is -4.57. The van der Waals surface area contributed by atoms with Crippen LogP contribution >= 0.6 is 7.60 Å². The van der Waals surface area contributed by atoms with Crippen LogP contribution in [0.2, 0.25) is 0 Å². The Morgan fingerprint density at radius 2 is 1.82 bits per heavy atom. The summed E-state index contributed by atoms with van der Waals surface area (Å²) in [6, 6.07) is 20.5. The minimum Gasteiger partial charge on any atom is -0.490 e. The average Bonchev–Trinajstić information content (AvgIpc) is 3.22. The molecule has 5 rings (SSSR count). The third kappa shape index (κ3) is 13.5. The zero-order valence-corrected chi connectivity index (χ0v) is 34.6. The van der Waals surface area contributed by atoms with Crippen LogP contribution in [0.15, 0.2) is 119 Å². The van der Waals surface area contributed by atoms with Crippen molar-refractivity contribution in [2.75, 3.05) is 70.2 Å². The molecule has 3 N–H and O–H groups in total. The number of aryl methyl sites for hydroxylation is 1. The molecule has 0 radical (unpaired) electrons. The lowest BCUT2D eigenvalue weighted by Gasteiger charge is -2.31. The van der Waals surface area contributed by atoms with Gasteiger partial charge < -0.3 is 34.4 Å². The van der Waals surface area contributed by atoms with Gasteiger partial charge in [0.2, 0.25) is 5.91 Å². The number of benzene rings is 3. The first-order valence-corrected chi connectivity index (χ1v) is 22.0. The van der Waals surface area contributed by atoms with Crippen LogP contribution in [0.4, 0.5) is 5.69 Å². The molecule has 11 heteroatoms. The lowest BCUT2D eigenvalue weighted by atomic mass is 9.96. The molecule has 3 aromatic carbocycles. The van der Waals surface area contributed by atoms with Gasteiger partial charge in [0.15, 0.2) is 0 Å². The number of nitrogens with zero attached hydrogens (tertiary/aromatic N) is 2. The lowest BCUT2D eigenvalue weighted by Crippen LogP contribution is -2.38. The number of anilines is 1. The van der Waals surface area contributed by atoms with Gasteiger partial charge in [-0.05, 0) is 86.4 Å². The molecule has 0 bridgehead atoms. The van der Waals surface area contributed by atoms with Crippen LogP contribution in [-0.2, 0) is 24.8 Å². The minimum atomic E-state index is -3.09. The summed E-state index contributed by atoms with van der Waals surface area (Å²) in [5.41, 5.74) is 6.56. The number of carbonyl (C=O) groups is 1. The van der Waals surface area contributed by atoms with E-state index in [0.717, 1.165) is 58.3 Å². The van der Waals surface area contributed by atoms with Crippen molar-refractivity contribution in [3.05, 3.63) is 125 Å². The molecule has 10 nitrogen and oxygen atoms in total. The molecule has 1 unspecified atom stereocenters. The van der Waals surface area contributed by atoms with Crippen molar-refractivity contribution >= 4 is 41.8 Å². The fourth-order valence-corrected chi connectivity index (χ4v) is 8.61. The Labute approximate surface area is 338 Å². The lowest BCUT2D eigenvalue weighted by molar-refractivity contribution is -0.120.